The monoisotopic (exact) mass is 460 g/mol. The van der Waals surface area contributed by atoms with Crippen LogP contribution in [0.4, 0.5) is 20.2 Å². The number of halogens is 2. The Morgan fingerprint density at radius 1 is 0.706 bits per heavy atom. The molecule has 0 saturated carbocycles. The van der Waals surface area contributed by atoms with Crippen LogP contribution < -0.4 is 9.80 Å². The number of hydrogen-bond acceptors (Lipinski definition) is 2. The minimum Gasteiger partial charge on any atom is -0.305 e. The molecular formula is C28H26F2N2O2. The maximum absolute atomic E-state index is 13.8. The van der Waals surface area contributed by atoms with Crippen LogP contribution >= 0.6 is 0 Å². The summed E-state index contributed by atoms with van der Waals surface area (Å²) in [5.74, 6) is -1.23. The van der Waals surface area contributed by atoms with Crippen molar-refractivity contribution in [3.8, 4) is 0 Å². The van der Waals surface area contributed by atoms with Crippen molar-refractivity contribution in [1.82, 2.24) is 0 Å². The second-order valence-corrected chi connectivity index (χ2v) is 9.22. The number of aryl methyl sites for hydroxylation is 2. The highest BCUT2D eigenvalue weighted by atomic mass is 19.1. The fourth-order valence-electron chi connectivity index (χ4n) is 5.18. The smallest absolute Gasteiger partial charge is 0.259 e. The van der Waals surface area contributed by atoms with Gasteiger partial charge < -0.3 is 9.80 Å². The molecule has 0 spiro atoms. The van der Waals surface area contributed by atoms with Crippen LogP contribution in [0.25, 0.3) is 0 Å². The summed E-state index contributed by atoms with van der Waals surface area (Å²) in [7, 11) is 0. The van der Waals surface area contributed by atoms with Gasteiger partial charge in [0.25, 0.3) is 11.8 Å². The third-order valence-electron chi connectivity index (χ3n) is 6.97. The Balaban J connectivity index is 1.56. The lowest BCUT2D eigenvalue weighted by molar-refractivity contribution is 0.0942. The van der Waals surface area contributed by atoms with E-state index in [2.05, 4.69) is 0 Å². The average molecular weight is 461 g/mol. The summed E-state index contributed by atoms with van der Waals surface area (Å²) in [6.07, 6.45) is 2.80. The summed E-state index contributed by atoms with van der Waals surface area (Å²) in [4.78, 5) is 31.0. The largest absolute Gasteiger partial charge is 0.305 e. The van der Waals surface area contributed by atoms with E-state index in [4.69, 9.17) is 0 Å². The first-order valence-electron chi connectivity index (χ1n) is 11.7. The first-order chi connectivity index (χ1) is 16.3. The van der Waals surface area contributed by atoms with Crippen LogP contribution in [-0.4, -0.2) is 23.9 Å². The lowest BCUT2D eigenvalue weighted by Crippen LogP contribution is -2.45. The zero-order valence-electron chi connectivity index (χ0n) is 19.2. The van der Waals surface area contributed by atoms with Gasteiger partial charge in [0.05, 0.1) is 11.1 Å². The molecule has 5 rings (SSSR count). The fraction of sp³-hybridized carbons (Fsp3) is 0.286. The molecule has 34 heavy (non-hydrogen) atoms. The quantitative estimate of drug-likeness (QED) is 0.476. The first kappa shape index (κ1) is 22.3. The predicted molar refractivity (Wildman–Crippen MR) is 128 cm³/mol. The number of fused-ring (bicyclic) bond motifs is 2. The standard InChI is InChI=1S/C28H26F2N2O2/c1-17-7-9-19-15-21(29)11-13-25(19)31(17)27(33)23-5-3-4-6-24(23)28(34)32-18(2)8-10-20-16-22(30)12-14-26(20)32/h3-6,11-18H,7-10H2,1-2H3. The van der Waals surface area contributed by atoms with Crippen LogP contribution in [-0.2, 0) is 12.8 Å². The normalized spacial score (nSPS) is 19.4. The zero-order chi connectivity index (χ0) is 24.0. The Labute approximate surface area is 197 Å². The van der Waals surface area contributed by atoms with Crippen LogP contribution in [0, 0.1) is 11.6 Å². The minimum absolute atomic E-state index is 0.0915. The molecule has 3 aromatic rings. The molecule has 3 aromatic carbocycles. The third-order valence-corrected chi connectivity index (χ3v) is 6.97. The molecule has 0 aliphatic carbocycles. The van der Waals surface area contributed by atoms with E-state index in [0.29, 0.717) is 48.2 Å². The van der Waals surface area contributed by atoms with E-state index in [1.807, 2.05) is 13.8 Å². The van der Waals surface area contributed by atoms with Gasteiger partial charge in [0.2, 0.25) is 0 Å². The highest BCUT2D eigenvalue weighted by molar-refractivity contribution is 6.17. The number of hydrogen-bond donors (Lipinski definition) is 0. The van der Waals surface area contributed by atoms with Crippen molar-refractivity contribution in [3.05, 3.63) is 94.6 Å². The molecule has 0 aromatic heterocycles. The highest BCUT2D eigenvalue weighted by Crippen LogP contribution is 2.35. The van der Waals surface area contributed by atoms with Gasteiger partial charge in [-0.15, -0.1) is 0 Å². The minimum atomic E-state index is -0.328. The molecule has 6 heteroatoms. The average Bonchev–Trinajstić information content (AvgIpc) is 2.83. The second-order valence-electron chi connectivity index (χ2n) is 9.22. The van der Waals surface area contributed by atoms with Gasteiger partial charge in [-0.2, -0.15) is 0 Å². The molecule has 0 N–H and O–H groups in total. The van der Waals surface area contributed by atoms with E-state index in [0.717, 1.165) is 11.1 Å². The van der Waals surface area contributed by atoms with Gasteiger partial charge in [0, 0.05) is 23.5 Å². The van der Waals surface area contributed by atoms with Crippen molar-refractivity contribution in [1.29, 1.82) is 0 Å². The summed E-state index contributed by atoms with van der Waals surface area (Å²) in [5.41, 5.74) is 3.54. The van der Waals surface area contributed by atoms with Gasteiger partial charge in [-0.1, -0.05) is 12.1 Å². The van der Waals surface area contributed by atoms with Crippen LogP contribution in [0.15, 0.2) is 60.7 Å². The van der Waals surface area contributed by atoms with Crippen molar-refractivity contribution in [2.24, 2.45) is 0 Å². The molecule has 2 atom stereocenters. The topological polar surface area (TPSA) is 40.6 Å². The SMILES string of the molecule is CC1CCc2cc(F)ccc2N1C(=O)c1ccccc1C(=O)N1c2ccc(F)cc2CCC1C. The lowest BCUT2D eigenvalue weighted by atomic mass is 9.93. The van der Waals surface area contributed by atoms with Gasteiger partial charge in [-0.3, -0.25) is 9.59 Å². The summed E-state index contributed by atoms with van der Waals surface area (Å²) in [5, 5.41) is 0. The van der Waals surface area contributed by atoms with Gasteiger partial charge in [-0.25, -0.2) is 8.78 Å². The van der Waals surface area contributed by atoms with E-state index in [-0.39, 0.29) is 35.5 Å². The Hall–Kier alpha value is -3.54. The number of rotatable bonds is 2. The Morgan fingerprint density at radius 2 is 1.12 bits per heavy atom. The maximum atomic E-state index is 13.8. The van der Waals surface area contributed by atoms with Crippen molar-refractivity contribution < 1.29 is 18.4 Å². The number of amides is 2. The van der Waals surface area contributed by atoms with Gasteiger partial charge >= 0.3 is 0 Å². The molecule has 4 nitrogen and oxygen atoms in total. The Kier molecular flexibility index (Phi) is 5.68. The number of anilines is 2. The van der Waals surface area contributed by atoms with Crippen molar-refractivity contribution >= 4 is 23.2 Å². The zero-order valence-corrected chi connectivity index (χ0v) is 19.2. The number of carbonyl (C=O) groups is 2. The summed E-state index contributed by atoms with van der Waals surface area (Å²) < 4.78 is 27.6. The molecule has 2 heterocycles. The van der Waals surface area contributed by atoms with Gasteiger partial charge in [-0.05, 0) is 99.2 Å². The molecule has 0 saturated heterocycles. The van der Waals surface area contributed by atoms with Crippen LogP contribution in [0.3, 0.4) is 0 Å². The van der Waals surface area contributed by atoms with Crippen LogP contribution in [0.5, 0.6) is 0 Å². The van der Waals surface area contributed by atoms with Crippen LogP contribution in [0.2, 0.25) is 0 Å². The molecule has 174 valence electrons. The molecule has 2 unspecified atom stereocenters. The second kappa shape index (κ2) is 8.67. The van der Waals surface area contributed by atoms with Crippen molar-refractivity contribution in [3.63, 3.8) is 0 Å². The summed E-state index contributed by atoms with van der Waals surface area (Å²) in [6.45, 7) is 3.93. The van der Waals surface area contributed by atoms with E-state index >= 15 is 0 Å². The van der Waals surface area contributed by atoms with E-state index in [1.165, 1.54) is 24.3 Å². The van der Waals surface area contributed by atoms with Gasteiger partial charge in [0.15, 0.2) is 0 Å². The third kappa shape index (κ3) is 3.77. The lowest BCUT2D eigenvalue weighted by Gasteiger charge is -2.37. The first-order valence-corrected chi connectivity index (χ1v) is 11.7. The maximum Gasteiger partial charge on any atom is 0.259 e. The summed E-state index contributed by atoms with van der Waals surface area (Å²) >= 11 is 0. The molecule has 2 aliphatic rings. The summed E-state index contributed by atoms with van der Waals surface area (Å²) in [6, 6.07) is 15.6. The van der Waals surface area contributed by atoms with Gasteiger partial charge in [0.1, 0.15) is 11.6 Å². The van der Waals surface area contributed by atoms with Crippen molar-refractivity contribution in [2.75, 3.05) is 9.80 Å². The number of benzene rings is 3. The molecular weight excluding hydrogens is 434 g/mol. The highest BCUT2D eigenvalue weighted by Gasteiger charge is 2.34. The number of nitrogens with zero attached hydrogens (tertiary/aromatic N) is 2. The molecule has 0 radical (unpaired) electrons. The number of carbonyl (C=O) groups excluding carboxylic acids is 2. The van der Waals surface area contributed by atoms with Crippen molar-refractivity contribution in [2.45, 2.75) is 51.6 Å². The predicted octanol–water partition coefficient (Wildman–Crippen LogP) is 5.93. The van der Waals surface area contributed by atoms with E-state index < -0.39 is 0 Å². The molecule has 2 aliphatic heterocycles. The molecule has 0 bridgehead atoms. The van der Waals surface area contributed by atoms with E-state index in [1.54, 1.807) is 46.2 Å². The fourth-order valence-corrected chi connectivity index (χ4v) is 5.18. The Bertz CT molecular complexity index is 1190. The van der Waals surface area contributed by atoms with E-state index in [9.17, 15) is 18.4 Å². The Morgan fingerprint density at radius 3 is 1.53 bits per heavy atom. The molecule has 2 amide bonds. The molecule has 0 fully saturated rings. The van der Waals surface area contributed by atoms with Crippen LogP contribution in [0.1, 0.15) is 58.5 Å².